The number of halogens is 1. The molecule has 0 atom stereocenters. The van der Waals surface area contributed by atoms with Gasteiger partial charge in [0.25, 0.3) is 5.91 Å². The third-order valence-electron chi connectivity index (χ3n) is 5.10. The van der Waals surface area contributed by atoms with Crippen molar-refractivity contribution in [3.63, 3.8) is 0 Å². The summed E-state index contributed by atoms with van der Waals surface area (Å²) in [5.41, 5.74) is 1.49. The van der Waals surface area contributed by atoms with E-state index in [4.69, 9.17) is 0 Å². The summed E-state index contributed by atoms with van der Waals surface area (Å²) in [6, 6.07) is 24.2. The summed E-state index contributed by atoms with van der Waals surface area (Å²) in [7, 11) is -2.05. The molecule has 152 valence electrons. The number of fused-ring (bicyclic) bond motifs is 2. The topological polar surface area (TPSA) is 63.7 Å². The Morgan fingerprint density at radius 2 is 1.43 bits per heavy atom. The van der Waals surface area contributed by atoms with Crippen LogP contribution in [0.4, 0.5) is 0 Å². The average Bonchev–Trinajstić information content (AvgIpc) is 2.78. The highest BCUT2D eigenvalue weighted by atomic mass is 127. The number of carbonyl (C=O) groups is 1. The number of rotatable bonds is 5. The van der Waals surface area contributed by atoms with Crippen molar-refractivity contribution in [1.82, 2.24) is 4.90 Å². The number of carbonyl (C=O) groups excluding carboxylic acids is 1. The molecule has 0 saturated heterocycles. The van der Waals surface area contributed by atoms with Crippen LogP contribution in [-0.4, -0.2) is 26.3 Å². The first kappa shape index (κ1) is 20.8. The lowest BCUT2D eigenvalue weighted by Gasteiger charge is -2.20. The Bertz CT molecular complexity index is 1300. The standard InChI is InChI=1S/C23H18INO4S/c1-25(23(26)16-10-12-19(13-11-16)30(27,28)29-24)15-22-20-8-4-2-6-17(20)14-18-7-3-5-9-21(18)22/h2-14H,15H2,1H3. The van der Waals surface area contributed by atoms with Gasteiger partial charge < -0.3 is 4.90 Å². The summed E-state index contributed by atoms with van der Waals surface area (Å²) in [5, 5.41) is 4.47. The monoisotopic (exact) mass is 531 g/mol. The quantitative estimate of drug-likeness (QED) is 0.258. The Hall–Kier alpha value is -2.49. The molecule has 0 heterocycles. The molecule has 0 aromatic heterocycles. The van der Waals surface area contributed by atoms with Crippen LogP contribution in [0.2, 0.25) is 0 Å². The van der Waals surface area contributed by atoms with Gasteiger partial charge in [-0.1, -0.05) is 48.5 Å². The molecule has 4 aromatic rings. The van der Waals surface area contributed by atoms with E-state index in [1.54, 1.807) is 11.9 Å². The first-order valence-electron chi connectivity index (χ1n) is 9.21. The number of hydrogen-bond acceptors (Lipinski definition) is 4. The zero-order chi connectivity index (χ0) is 21.3. The Morgan fingerprint density at radius 3 is 1.97 bits per heavy atom. The van der Waals surface area contributed by atoms with Crippen LogP contribution >= 0.6 is 23.0 Å². The summed E-state index contributed by atoms with van der Waals surface area (Å²) >= 11 is 1.33. The van der Waals surface area contributed by atoms with E-state index < -0.39 is 10.1 Å². The molecule has 0 aliphatic rings. The van der Waals surface area contributed by atoms with Crippen LogP contribution in [0, 0.1) is 0 Å². The minimum atomic E-state index is -3.80. The Kier molecular flexibility index (Phi) is 5.77. The fourth-order valence-corrected chi connectivity index (χ4v) is 4.77. The van der Waals surface area contributed by atoms with Crippen molar-refractivity contribution < 1.29 is 15.7 Å². The van der Waals surface area contributed by atoms with Gasteiger partial charge in [0.15, 0.2) is 0 Å². The molecule has 0 saturated carbocycles. The highest BCUT2D eigenvalue weighted by Crippen LogP contribution is 2.29. The maximum absolute atomic E-state index is 13.0. The summed E-state index contributed by atoms with van der Waals surface area (Å²) in [6.45, 7) is 0.428. The number of hydrogen-bond donors (Lipinski definition) is 0. The van der Waals surface area contributed by atoms with E-state index >= 15 is 0 Å². The largest absolute Gasteiger partial charge is 0.337 e. The lowest BCUT2D eigenvalue weighted by molar-refractivity contribution is 0.0786. The minimum Gasteiger partial charge on any atom is -0.337 e. The molecule has 0 fully saturated rings. The zero-order valence-corrected chi connectivity index (χ0v) is 19.1. The van der Waals surface area contributed by atoms with Crippen molar-refractivity contribution in [2.45, 2.75) is 11.4 Å². The van der Waals surface area contributed by atoms with Gasteiger partial charge >= 0.3 is 10.1 Å². The molecule has 0 aliphatic carbocycles. The van der Waals surface area contributed by atoms with Gasteiger partial charge in [0.05, 0.1) is 4.90 Å². The second-order valence-electron chi connectivity index (χ2n) is 7.00. The fraction of sp³-hybridized carbons (Fsp3) is 0.0870. The molecule has 30 heavy (non-hydrogen) atoms. The molecule has 1 amide bonds. The molecule has 4 aromatic carbocycles. The first-order chi connectivity index (χ1) is 14.4. The molecule has 0 radical (unpaired) electrons. The summed E-state index contributed by atoms with van der Waals surface area (Å²) in [4.78, 5) is 14.7. The maximum atomic E-state index is 13.0. The highest BCUT2D eigenvalue weighted by molar-refractivity contribution is 14.1. The zero-order valence-electron chi connectivity index (χ0n) is 16.1. The van der Waals surface area contributed by atoms with Gasteiger partial charge in [0.2, 0.25) is 0 Å². The maximum Gasteiger partial charge on any atom is 0.306 e. The Morgan fingerprint density at radius 1 is 0.900 bits per heavy atom. The molecule has 0 spiro atoms. The third kappa shape index (κ3) is 3.92. The molecule has 0 aliphatic heterocycles. The number of nitrogens with zero attached hydrogens (tertiary/aromatic N) is 1. The Labute approximate surface area is 189 Å². The number of amides is 1. The normalized spacial score (nSPS) is 11.7. The van der Waals surface area contributed by atoms with Crippen LogP contribution in [0.3, 0.4) is 0 Å². The lowest BCUT2D eigenvalue weighted by atomic mass is 9.96. The Balaban J connectivity index is 1.69. The van der Waals surface area contributed by atoms with Gasteiger partial charge in [-0.05, 0) is 57.4 Å². The van der Waals surface area contributed by atoms with Crippen molar-refractivity contribution in [2.75, 3.05) is 7.05 Å². The van der Waals surface area contributed by atoms with Gasteiger partial charge in [0.1, 0.15) is 23.0 Å². The molecule has 7 heteroatoms. The van der Waals surface area contributed by atoms with Crippen molar-refractivity contribution in [1.29, 1.82) is 0 Å². The van der Waals surface area contributed by atoms with E-state index in [0.717, 1.165) is 27.1 Å². The molecular formula is C23H18INO4S. The second kappa shape index (κ2) is 8.33. The van der Waals surface area contributed by atoms with Crippen LogP contribution in [0.5, 0.6) is 0 Å². The predicted molar refractivity (Wildman–Crippen MR) is 126 cm³/mol. The fourth-order valence-electron chi connectivity index (χ4n) is 3.61. The first-order valence-corrected chi connectivity index (χ1v) is 11.5. The molecule has 0 N–H and O–H groups in total. The van der Waals surface area contributed by atoms with E-state index in [-0.39, 0.29) is 10.8 Å². The van der Waals surface area contributed by atoms with Gasteiger partial charge in [-0.2, -0.15) is 10.9 Å². The molecule has 5 nitrogen and oxygen atoms in total. The summed E-state index contributed by atoms with van der Waals surface area (Å²) < 4.78 is 28.0. The van der Waals surface area contributed by atoms with Crippen molar-refractivity contribution in [3.8, 4) is 0 Å². The predicted octanol–water partition coefficient (Wildman–Crippen LogP) is 5.32. The van der Waals surface area contributed by atoms with Gasteiger partial charge in [0, 0.05) is 19.2 Å². The van der Waals surface area contributed by atoms with Crippen LogP contribution in [0.15, 0.2) is 83.8 Å². The minimum absolute atomic E-state index is 0.0103. The second-order valence-corrected chi connectivity index (χ2v) is 9.58. The molecule has 4 rings (SSSR count). The number of benzene rings is 4. The lowest BCUT2D eigenvalue weighted by Crippen LogP contribution is -2.26. The highest BCUT2D eigenvalue weighted by Gasteiger charge is 2.18. The molecule has 0 unspecified atom stereocenters. The van der Waals surface area contributed by atoms with Crippen LogP contribution in [0.25, 0.3) is 21.5 Å². The van der Waals surface area contributed by atoms with Crippen molar-refractivity contribution >= 4 is 60.6 Å². The van der Waals surface area contributed by atoms with E-state index in [9.17, 15) is 13.2 Å². The SMILES string of the molecule is CN(Cc1c2ccccc2cc2ccccc12)C(=O)c1ccc(S(=O)(=O)OI)cc1. The van der Waals surface area contributed by atoms with E-state index in [1.165, 1.54) is 47.3 Å². The van der Waals surface area contributed by atoms with E-state index in [0.29, 0.717) is 12.1 Å². The average molecular weight is 531 g/mol. The van der Waals surface area contributed by atoms with Gasteiger partial charge in [-0.25, -0.2) is 0 Å². The van der Waals surface area contributed by atoms with Crippen molar-refractivity contribution in [3.05, 3.63) is 90.0 Å². The summed E-state index contributed by atoms with van der Waals surface area (Å²) in [6.07, 6.45) is 0. The van der Waals surface area contributed by atoms with Gasteiger partial charge in [-0.15, -0.1) is 0 Å². The van der Waals surface area contributed by atoms with Crippen LogP contribution < -0.4 is 0 Å². The van der Waals surface area contributed by atoms with E-state index in [2.05, 4.69) is 32.8 Å². The van der Waals surface area contributed by atoms with Crippen molar-refractivity contribution in [2.24, 2.45) is 0 Å². The van der Waals surface area contributed by atoms with Crippen LogP contribution in [-0.2, 0) is 19.2 Å². The summed E-state index contributed by atoms with van der Waals surface area (Å²) in [5.74, 6) is -0.189. The van der Waals surface area contributed by atoms with E-state index in [1.807, 2.05) is 24.3 Å². The van der Waals surface area contributed by atoms with Gasteiger partial charge in [-0.3, -0.25) is 4.79 Å². The van der Waals surface area contributed by atoms with Crippen LogP contribution in [0.1, 0.15) is 15.9 Å². The molecule has 0 bridgehead atoms. The third-order valence-corrected chi connectivity index (χ3v) is 7.53. The smallest absolute Gasteiger partial charge is 0.306 e. The molecular weight excluding hydrogens is 513 g/mol.